The molecule has 1 aliphatic rings. The molecule has 164 valence electrons. The molecule has 2 amide bonds. The third-order valence-electron chi connectivity index (χ3n) is 4.92. The summed E-state index contributed by atoms with van der Waals surface area (Å²) in [7, 11) is 0. The lowest BCUT2D eigenvalue weighted by Crippen LogP contribution is -2.21. The summed E-state index contributed by atoms with van der Waals surface area (Å²) < 4.78 is 66.5. The fourth-order valence-corrected chi connectivity index (χ4v) is 3.74. The van der Waals surface area contributed by atoms with Crippen LogP contribution >= 0.6 is 11.6 Å². The normalized spacial score (nSPS) is 15.3. The van der Waals surface area contributed by atoms with Crippen molar-refractivity contribution in [2.45, 2.75) is 12.2 Å². The number of alkyl halides is 3. The van der Waals surface area contributed by atoms with Crippen molar-refractivity contribution in [1.82, 2.24) is 5.32 Å². The molecule has 10 heteroatoms. The molecule has 0 aliphatic carbocycles. The lowest BCUT2D eigenvalue weighted by atomic mass is 9.96. The van der Waals surface area contributed by atoms with E-state index in [-0.39, 0.29) is 33.5 Å². The van der Waals surface area contributed by atoms with Crippen molar-refractivity contribution < 1.29 is 31.5 Å². The molecule has 0 bridgehead atoms. The summed E-state index contributed by atoms with van der Waals surface area (Å²) in [6, 6.07) is 8.46. The number of carbonyl (C=O) groups is 2. The molecule has 0 spiro atoms. The lowest BCUT2D eigenvalue weighted by molar-refractivity contribution is -0.137. The molecule has 1 atom stereocenters. The summed E-state index contributed by atoms with van der Waals surface area (Å²) in [5.74, 6) is -3.36. The second-order valence-electron chi connectivity index (χ2n) is 7.02. The van der Waals surface area contributed by atoms with Crippen LogP contribution in [0.15, 0.2) is 54.6 Å². The molecule has 4 nitrogen and oxygen atoms in total. The maximum atomic E-state index is 13.8. The third-order valence-corrected chi connectivity index (χ3v) is 5.26. The van der Waals surface area contributed by atoms with E-state index in [1.165, 1.54) is 24.3 Å². The van der Waals surface area contributed by atoms with E-state index in [2.05, 4.69) is 10.6 Å². The number of amides is 2. The van der Waals surface area contributed by atoms with Crippen LogP contribution < -0.4 is 10.6 Å². The first kappa shape index (κ1) is 21.8. The van der Waals surface area contributed by atoms with E-state index in [9.17, 15) is 31.5 Å². The van der Waals surface area contributed by atoms with Crippen molar-refractivity contribution in [3.8, 4) is 0 Å². The second kappa shape index (κ2) is 7.90. The highest BCUT2D eigenvalue weighted by Crippen LogP contribution is 2.39. The highest BCUT2D eigenvalue weighted by atomic mass is 35.5. The van der Waals surface area contributed by atoms with Gasteiger partial charge in [0.1, 0.15) is 11.6 Å². The van der Waals surface area contributed by atoms with Gasteiger partial charge in [-0.15, -0.1) is 0 Å². The number of fused-ring (bicyclic) bond motifs is 1. The van der Waals surface area contributed by atoms with E-state index in [1.807, 2.05) is 0 Å². The Morgan fingerprint density at radius 1 is 1.00 bits per heavy atom. The van der Waals surface area contributed by atoms with Gasteiger partial charge in [0.25, 0.3) is 11.8 Å². The van der Waals surface area contributed by atoms with Crippen LogP contribution in [0.1, 0.15) is 43.4 Å². The first-order chi connectivity index (χ1) is 15.0. The fourth-order valence-electron chi connectivity index (χ4n) is 3.51. The Balaban J connectivity index is 1.75. The molecule has 4 rings (SSSR count). The van der Waals surface area contributed by atoms with Gasteiger partial charge >= 0.3 is 6.18 Å². The van der Waals surface area contributed by atoms with E-state index in [0.717, 1.165) is 12.1 Å². The fraction of sp³-hybridized carbons (Fsp3) is 0.0909. The van der Waals surface area contributed by atoms with E-state index < -0.39 is 46.8 Å². The molecule has 3 aromatic carbocycles. The minimum absolute atomic E-state index is 0.0778. The Bertz CT molecular complexity index is 1260. The van der Waals surface area contributed by atoms with Crippen LogP contribution in [-0.2, 0) is 6.18 Å². The van der Waals surface area contributed by atoms with Crippen molar-refractivity contribution in [3.05, 3.63) is 99.1 Å². The van der Waals surface area contributed by atoms with E-state index in [4.69, 9.17) is 11.6 Å². The van der Waals surface area contributed by atoms with Gasteiger partial charge in [-0.2, -0.15) is 13.2 Å². The maximum absolute atomic E-state index is 13.8. The van der Waals surface area contributed by atoms with Crippen molar-refractivity contribution in [3.63, 3.8) is 0 Å². The SMILES string of the molecule is O=C(Nc1cccc2c1C(c1cc(F)ccc1Cl)NC2=O)c1cc(F)cc(C(F)(F)F)c1. The van der Waals surface area contributed by atoms with Gasteiger partial charge in [0.15, 0.2) is 0 Å². The van der Waals surface area contributed by atoms with Gasteiger partial charge in [-0.1, -0.05) is 17.7 Å². The largest absolute Gasteiger partial charge is 0.416 e. The van der Waals surface area contributed by atoms with Crippen LogP contribution in [0.2, 0.25) is 5.02 Å². The number of hydrogen-bond acceptors (Lipinski definition) is 2. The molecule has 0 saturated heterocycles. The van der Waals surface area contributed by atoms with Crippen LogP contribution in [0, 0.1) is 11.6 Å². The molecule has 32 heavy (non-hydrogen) atoms. The molecular weight excluding hydrogens is 455 g/mol. The quantitative estimate of drug-likeness (QED) is 0.485. The van der Waals surface area contributed by atoms with Gasteiger partial charge in [0.05, 0.1) is 11.6 Å². The highest BCUT2D eigenvalue weighted by molar-refractivity contribution is 6.31. The summed E-state index contributed by atoms with van der Waals surface area (Å²) in [6.45, 7) is 0. The van der Waals surface area contributed by atoms with E-state index >= 15 is 0 Å². The number of halogens is 6. The number of carbonyl (C=O) groups excluding carboxylic acids is 2. The van der Waals surface area contributed by atoms with E-state index in [1.54, 1.807) is 0 Å². The van der Waals surface area contributed by atoms with Crippen molar-refractivity contribution in [2.24, 2.45) is 0 Å². The van der Waals surface area contributed by atoms with Crippen molar-refractivity contribution in [1.29, 1.82) is 0 Å². The average molecular weight is 467 g/mol. The smallest absolute Gasteiger partial charge is 0.341 e. The Hall–Kier alpha value is -3.46. The zero-order valence-electron chi connectivity index (χ0n) is 15.9. The Morgan fingerprint density at radius 3 is 2.47 bits per heavy atom. The van der Waals surface area contributed by atoms with E-state index in [0.29, 0.717) is 12.1 Å². The highest BCUT2D eigenvalue weighted by Gasteiger charge is 2.35. The summed E-state index contributed by atoms with van der Waals surface area (Å²) in [5, 5.41) is 5.22. The minimum Gasteiger partial charge on any atom is -0.341 e. The monoisotopic (exact) mass is 466 g/mol. The number of hydrogen-bond donors (Lipinski definition) is 2. The maximum Gasteiger partial charge on any atom is 0.416 e. The summed E-state index contributed by atoms with van der Waals surface area (Å²) >= 11 is 6.17. The molecule has 3 aromatic rings. The molecular formula is C22H12ClF5N2O2. The number of nitrogens with one attached hydrogen (secondary N) is 2. The summed E-state index contributed by atoms with van der Waals surface area (Å²) in [5.41, 5.74) is -1.15. The molecule has 1 unspecified atom stereocenters. The van der Waals surface area contributed by atoms with Gasteiger partial charge in [-0.25, -0.2) is 8.78 Å². The van der Waals surface area contributed by atoms with Crippen molar-refractivity contribution in [2.75, 3.05) is 5.32 Å². The Labute approximate surface area is 183 Å². The van der Waals surface area contributed by atoms with Gasteiger partial charge in [-0.3, -0.25) is 9.59 Å². The number of benzene rings is 3. The van der Waals surface area contributed by atoms with Gasteiger partial charge in [-0.05, 0) is 48.5 Å². The average Bonchev–Trinajstić information content (AvgIpc) is 3.06. The first-order valence-corrected chi connectivity index (χ1v) is 9.50. The van der Waals surface area contributed by atoms with Gasteiger partial charge in [0.2, 0.25) is 0 Å². The molecule has 2 N–H and O–H groups in total. The molecule has 0 aromatic heterocycles. The predicted molar refractivity (Wildman–Crippen MR) is 107 cm³/mol. The number of anilines is 1. The molecule has 1 aliphatic heterocycles. The van der Waals surface area contributed by atoms with Crippen LogP contribution in [-0.4, -0.2) is 11.8 Å². The van der Waals surface area contributed by atoms with Gasteiger partial charge < -0.3 is 10.6 Å². The minimum atomic E-state index is -4.85. The molecule has 0 fully saturated rings. The standard InChI is InChI=1S/C22H12ClF5N2O2/c23-16-5-4-12(24)9-15(16)19-18-14(21(32)30-19)2-1-3-17(18)29-20(31)10-6-11(22(26,27)28)8-13(25)7-10/h1-9,19H,(H,29,31)(H,30,32). The van der Waals surface area contributed by atoms with Crippen LogP contribution in [0.4, 0.5) is 27.6 Å². The predicted octanol–water partition coefficient (Wildman–Crippen LogP) is 5.72. The topological polar surface area (TPSA) is 58.2 Å². The first-order valence-electron chi connectivity index (χ1n) is 9.12. The van der Waals surface area contributed by atoms with Crippen LogP contribution in [0.5, 0.6) is 0 Å². The molecule has 0 radical (unpaired) electrons. The zero-order chi connectivity index (χ0) is 23.2. The summed E-state index contributed by atoms with van der Waals surface area (Å²) in [6.07, 6.45) is -4.85. The third kappa shape index (κ3) is 4.03. The van der Waals surface area contributed by atoms with Crippen molar-refractivity contribution >= 4 is 29.1 Å². The van der Waals surface area contributed by atoms with Gasteiger partial charge in [0, 0.05) is 33.0 Å². The molecule has 1 heterocycles. The summed E-state index contributed by atoms with van der Waals surface area (Å²) in [4.78, 5) is 25.1. The van der Waals surface area contributed by atoms with Crippen LogP contribution in [0.25, 0.3) is 0 Å². The zero-order valence-corrected chi connectivity index (χ0v) is 16.6. The Kier molecular flexibility index (Phi) is 5.37. The number of rotatable bonds is 3. The second-order valence-corrected chi connectivity index (χ2v) is 7.43. The van der Waals surface area contributed by atoms with Crippen LogP contribution in [0.3, 0.4) is 0 Å². The molecule has 0 saturated carbocycles. The Morgan fingerprint density at radius 2 is 1.75 bits per heavy atom. The lowest BCUT2D eigenvalue weighted by Gasteiger charge is -2.18.